The molecule has 1 saturated heterocycles. The van der Waals surface area contributed by atoms with Gasteiger partial charge in [-0.15, -0.1) is 0 Å². The number of carbonyl (C=O) groups is 1. The van der Waals surface area contributed by atoms with Crippen molar-refractivity contribution in [3.8, 4) is 5.75 Å². The van der Waals surface area contributed by atoms with Crippen molar-refractivity contribution in [3.05, 3.63) is 29.8 Å². The number of benzene rings is 1. The number of likely N-dealkylation sites (tertiary alicyclic amines) is 1. The van der Waals surface area contributed by atoms with Crippen LogP contribution in [0.4, 0.5) is 0 Å². The van der Waals surface area contributed by atoms with Gasteiger partial charge in [0, 0.05) is 24.6 Å². The Balaban J connectivity index is 1.82. The summed E-state index contributed by atoms with van der Waals surface area (Å²) in [5.74, 6) is 1.40. The van der Waals surface area contributed by atoms with Crippen LogP contribution in [-0.4, -0.2) is 36.5 Å². The highest BCUT2D eigenvalue weighted by atomic mass is 16.5. The topological polar surface area (TPSA) is 41.6 Å². The minimum Gasteiger partial charge on any atom is -0.491 e. The van der Waals surface area contributed by atoms with Gasteiger partial charge in [0.05, 0.1) is 6.10 Å². The molecule has 0 spiro atoms. The van der Waals surface area contributed by atoms with Gasteiger partial charge in [-0.2, -0.15) is 0 Å². The lowest BCUT2D eigenvalue weighted by Gasteiger charge is -2.31. The quantitative estimate of drug-likeness (QED) is 0.740. The molecule has 1 aliphatic heterocycles. The second-order valence-electron chi connectivity index (χ2n) is 6.97. The van der Waals surface area contributed by atoms with E-state index in [1.807, 2.05) is 12.1 Å². The third-order valence-corrected chi connectivity index (χ3v) is 4.52. The van der Waals surface area contributed by atoms with Crippen molar-refractivity contribution in [2.45, 2.75) is 59.1 Å². The van der Waals surface area contributed by atoms with E-state index in [-0.39, 0.29) is 17.9 Å². The predicted molar refractivity (Wildman–Crippen MR) is 98.1 cm³/mol. The molecule has 1 N–H and O–H groups in total. The van der Waals surface area contributed by atoms with Crippen molar-refractivity contribution in [2.24, 2.45) is 5.92 Å². The number of nitrogens with one attached hydrogen (secondary N) is 1. The normalized spacial score (nSPS) is 16.3. The maximum atomic E-state index is 12.2. The third-order valence-electron chi connectivity index (χ3n) is 4.52. The molecule has 0 saturated carbocycles. The molecular weight excluding hydrogens is 300 g/mol. The van der Waals surface area contributed by atoms with Gasteiger partial charge >= 0.3 is 0 Å². The summed E-state index contributed by atoms with van der Waals surface area (Å²) in [4.78, 5) is 14.6. The number of carbonyl (C=O) groups excluding carboxylic acids is 1. The van der Waals surface area contributed by atoms with E-state index in [0.717, 1.165) is 57.6 Å². The van der Waals surface area contributed by atoms with E-state index in [2.05, 4.69) is 43.1 Å². The number of rotatable bonds is 8. The number of unbranched alkanes of at least 4 members (excludes halogenated alkanes) is 1. The predicted octanol–water partition coefficient (Wildman–Crippen LogP) is 3.60. The zero-order chi connectivity index (χ0) is 17.4. The first kappa shape index (κ1) is 18.8. The zero-order valence-electron chi connectivity index (χ0n) is 15.4. The molecule has 1 fully saturated rings. The average Bonchev–Trinajstić information content (AvgIpc) is 2.57. The molecule has 2 rings (SSSR count). The number of ether oxygens (including phenoxy) is 1. The average molecular weight is 332 g/mol. The number of hydrogen-bond donors (Lipinski definition) is 1. The molecule has 1 heterocycles. The maximum absolute atomic E-state index is 12.2. The smallest absolute Gasteiger partial charge is 0.223 e. The van der Waals surface area contributed by atoms with Gasteiger partial charge in [-0.1, -0.05) is 31.5 Å². The van der Waals surface area contributed by atoms with Gasteiger partial charge in [0.25, 0.3) is 0 Å². The Hall–Kier alpha value is -1.55. The summed E-state index contributed by atoms with van der Waals surface area (Å²) in [6.07, 6.45) is 4.27. The molecule has 0 bridgehead atoms. The molecule has 1 amide bonds. The Morgan fingerprint density at radius 3 is 2.67 bits per heavy atom. The van der Waals surface area contributed by atoms with Crippen molar-refractivity contribution in [1.29, 1.82) is 0 Å². The number of para-hydroxylation sites is 1. The SMILES string of the molecule is CCCCNC(=O)C1CCN(Cc2ccccc2OC(C)C)CC1. The highest BCUT2D eigenvalue weighted by molar-refractivity contribution is 5.78. The Labute approximate surface area is 146 Å². The molecule has 4 heteroatoms. The summed E-state index contributed by atoms with van der Waals surface area (Å²) in [7, 11) is 0. The Bertz CT molecular complexity index is 508. The van der Waals surface area contributed by atoms with Gasteiger partial charge < -0.3 is 10.1 Å². The maximum Gasteiger partial charge on any atom is 0.223 e. The summed E-state index contributed by atoms with van der Waals surface area (Å²) >= 11 is 0. The van der Waals surface area contributed by atoms with Crippen LogP contribution in [0, 0.1) is 5.92 Å². The van der Waals surface area contributed by atoms with Crippen molar-refractivity contribution < 1.29 is 9.53 Å². The first-order valence-corrected chi connectivity index (χ1v) is 9.34. The Kier molecular flexibility index (Phi) is 7.57. The molecule has 0 aromatic heterocycles. The van der Waals surface area contributed by atoms with E-state index in [1.54, 1.807) is 0 Å². The van der Waals surface area contributed by atoms with Gasteiger partial charge in [0.1, 0.15) is 5.75 Å². The van der Waals surface area contributed by atoms with Crippen LogP contribution in [0.25, 0.3) is 0 Å². The van der Waals surface area contributed by atoms with Crippen molar-refractivity contribution in [2.75, 3.05) is 19.6 Å². The summed E-state index contributed by atoms with van der Waals surface area (Å²) in [6, 6.07) is 8.27. The van der Waals surface area contributed by atoms with Crippen LogP contribution in [0.2, 0.25) is 0 Å². The molecule has 4 nitrogen and oxygen atoms in total. The fraction of sp³-hybridized carbons (Fsp3) is 0.650. The number of nitrogens with zero attached hydrogens (tertiary/aromatic N) is 1. The highest BCUT2D eigenvalue weighted by Crippen LogP contribution is 2.24. The fourth-order valence-electron chi connectivity index (χ4n) is 3.13. The van der Waals surface area contributed by atoms with Crippen LogP contribution in [0.5, 0.6) is 5.75 Å². The highest BCUT2D eigenvalue weighted by Gasteiger charge is 2.25. The molecule has 0 atom stereocenters. The summed E-state index contributed by atoms with van der Waals surface area (Å²) < 4.78 is 5.91. The molecule has 1 aromatic carbocycles. The Morgan fingerprint density at radius 2 is 2.00 bits per heavy atom. The Morgan fingerprint density at radius 1 is 1.29 bits per heavy atom. The van der Waals surface area contributed by atoms with Crippen LogP contribution >= 0.6 is 0 Å². The van der Waals surface area contributed by atoms with Crippen LogP contribution in [0.1, 0.15) is 52.0 Å². The second kappa shape index (κ2) is 9.67. The minimum atomic E-state index is 0.181. The molecular formula is C20H32N2O2. The standard InChI is InChI=1S/C20H32N2O2/c1-4-5-12-21-20(23)17-10-13-22(14-11-17)15-18-8-6-7-9-19(18)24-16(2)3/h6-9,16-17H,4-5,10-15H2,1-3H3,(H,21,23). The molecule has 134 valence electrons. The molecule has 0 radical (unpaired) electrons. The number of piperidine rings is 1. The fourth-order valence-corrected chi connectivity index (χ4v) is 3.13. The lowest BCUT2D eigenvalue weighted by molar-refractivity contribution is -0.126. The zero-order valence-corrected chi connectivity index (χ0v) is 15.4. The summed E-state index contributed by atoms with van der Waals surface area (Å²) in [5, 5.41) is 3.07. The van der Waals surface area contributed by atoms with Crippen molar-refractivity contribution in [3.63, 3.8) is 0 Å². The minimum absolute atomic E-state index is 0.181. The van der Waals surface area contributed by atoms with Gasteiger partial charge in [-0.05, 0) is 52.3 Å². The lowest BCUT2D eigenvalue weighted by atomic mass is 9.95. The van der Waals surface area contributed by atoms with Gasteiger partial charge in [-0.3, -0.25) is 9.69 Å². The van der Waals surface area contributed by atoms with Crippen molar-refractivity contribution in [1.82, 2.24) is 10.2 Å². The van der Waals surface area contributed by atoms with E-state index in [1.165, 1.54) is 5.56 Å². The summed E-state index contributed by atoms with van der Waals surface area (Å²) in [6.45, 7) is 9.91. The summed E-state index contributed by atoms with van der Waals surface area (Å²) in [5.41, 5.74) is 1.23. The molecule has 1 aromatic rings. The van der Waals surface area contributed by atoms with E-state index < -0.39 is 0 Å². The van der Waals surface area contributed by atoms with E-state index in [0.29, 0.717) is 0 Å². The van der Waals surface area contributed by atoms with Gasteiger partial charge in [-0.25, -0.2) is 0 Å². The van der Waals surface area contributed by atoms with Crippen LogP contribution < -0.4 is 10.1 Å². The van der Waals surface area contributed by atoms with Crippen LogP contribution in [0.15, 0.2) is 24.3 Å². The monoisotopic (exact) mass is 332 g/mol. The molecule has 0 unspecified atom stereocenters. The van der Waals surface area contributed by atoms with Gasteiger partial charge in [0.15, 0.2) is 0 Å². The van der Waals surface area contributed by atoms with E-state index in [9.17, 15) is 4.79 Å². The largest absolute Gasteiger partial charge is 0.491 e. The lowest BCUT2D eigenvalue weighted by Crippen LogP contribution is -2.40. The number of hydrogen-bond acceptors (Lipinski definition) is 3. The molecule has 1 aliphatic rings. The van der Waals surface area contributed by atoms with Crippen LogP contribution in [0.3, 0.4) is 0 Å². The first-order valence-electron chi connectivity index (χ1n) is 9.34. The molecule has 0 aliphatic carbocycles. The first-order chi connectivity index (χ1) is 11.6. The van der Waals surface area contributed by atoms with E-state index >= 15 is 0 Å². The molecule has 24 heavy (non-hydrogen) atoms. The second-order valence-corrected chi connectivity index (χ2v) is 6.97. The van der Waals surface area contributed by atoms with E-state index in [4.69, 9.17) is 4.74 Å². The van der Waals surface area contributed by atoms with Gasteiger partial charge in [0.2, 0.25) is 5.91 Å². The van der Waals surface area contributed by atoms with Crippen LogP contribution in [-0.2, 0) is 11.3 Å². The number of amides is 1. The third kappa shape index (κ3) is 5.82. The van der Waals surface area contributed by atoms with Crippen molar-refractivity contribution >= 4 is 5.91 Å².